The summed E-state index contributed by atoms with van der Waals surface area (Å²) in [5.74, 6) is -0.0829. The Kier molecular flexibility index (Phi) is 3.46. The molecule has 4 nitrogen and oxygen atoms in total. The number of hydrogen-bond donors (Lipinski definition) is 4. The summed E-state index contributed by atoms with van der Waals surface area (Å²) in [6.45, 7) is 0.646. The average Bonchev–Trinajstić information content (AvgIpc) is 2.33. The van der Waals surface area contributed by atoms with Crippen LogP contribution in [0.4, 0.5) is 0 Å². The van der Waals surface area contributed by atoms with Gasteiger partial charge in [0.15, 0.2) is 0 Å². The molecule has 0 heterocycles. The molecule has 12 heavy (non-hydrogen) atoms. The quantitative estimate of drug-likeness (QED) is 0.424. The summed E-state index contributed by atoms with van der Waals surface area (Å²) in [5, 5.41) is 30.7. The van der Waals surface area contributed by atoms with E-state index >= 15 is 0 Å². The zero-order valence-corrected chi connectivity index (χ0v) is 7.27. The van der Waals surface area contributed by atoms with Crippen molar-refractivity contribution in [2.45, 2.75) is 18.6 Å². The van der Waals surface area contributed by atoms with Crippen LogP contribution >= 0.6 is 0 Å². The molecule has 1 rings (SSSR count). The van der Waals surface area contributed by atoms with Crippen molar-refractivity contribution in [3.05, 3.63) is 0 Å². The Morgan fingerprint density at radius 1 is 1.25 bits per heavy atom. The maximum absolute atomic E-state index is 9.49. The van der Waals surface area contributed by atoms with Gasteiger partial charge >= 0.3 is 0 Å². The number of aliphatic hydroxyl groups excluding tert-OH is 3. The van der Waals surface area contributed by atoms with E-state index < -0.39 is 12.2 Å². The minimum absolute atomic E-state index is 0.0432. The van der Waals surface area contributed by atoms with Gasteiger partial charge in [0, 0.05) is 25.0 Å². The Morgan fingerprint density at radius 3 is 2.25 bits per heavy atom. The van der Waals surface area contributed by atoms with Crippen LogP contribution in [0.1, 0.15) is 6.42 Å². The standard InChI is InChI=1S/C8H17NO3/c1-9-3-5-2-6(4-10)8(12)7(5)11/h5-12H,2-4H2,1H3/t5-,6-,7-,8+/m1/s1. The molecule has 0 saturated heterocycles. The summed E-state index contributed by atoms with van der Waals surface area (Å²) in [6.07, 6.45) is -0.748. The Labute approximate surface area is 72.2 Å². The van der Waals surface area contributed by atoms with Crippen molar-refractivity contribution in [2.24, 2.45) is 11.8 Å². The van der Waals surface area contributed by atoms with Crippen LogP contribution in [-0.2, 0) is 0 Å². The van der Waals surface area contributed by atoms with E-state index in [2.05, 4.69) is 5.32 Å². The second kappa shape index (κ2) is 4.18. The van der Waals surface area contributed by atoms with Gasteiger partial charge in [-0.1, -0.05) is 0 Å². The highest BCUT2D eigenvalue weighted by Crippen LogP contribution is 2.30. The molecule has 1 aliphatic rings. The zero-order valence-electron chi connectivity index (χ0n) is 7.27. The van der Waals surface area contributed by atoms with Gasteiger partial charge in [-0.05, 0) is 13.5 Å². The van der Waals surface area contributed by atoms with Gasteiger partial charge in [-0.3, -0.25) is 0 Å². The van der Waals surface area contributed by atoms with E-state index in [1.165, 1.54) is 0 Å². The van der Waals surface area contributed by atoms with Gasteiger partial charge in [-0.15, -0.1) is 0 Å². The molecule has 1 fully saturated rings. The molecular formula is C8H17NO3. The van der Waals surface area contributed by atoms with Crippen LogP contribution in [0.15, 0.2) is 0 Å². The molecule has 72 valence electrons. The van der Waals surface area contributed by atoms with Crippen molar-refractivity contribution < 1.29 is 15.3 Å². The van der Waals surface area contributed by atoms with Crippen LogP contribution in [0.3, 0.4) is 0 Å². The maximum Gasteiger partial charge on any atom is 0.0852 e. The number of hydrogen-bond acceptors (Lipinski definition) is 4. The summed E-state index contributed by atoms with van der Waals surface area (Å²) < 4.78 is 0. The van der Waals surface area contributed by atoms with Gasteiger partial charge in [0.05, 0.1) is 12.2 Å². The first kappa shape index (κ1) is 9.92. The highest BCUT2D eigenvalue weighted by atomic mass is 16.3. The molecule has 1 saturated carbocycles. The number of nitrogens with one attached hydrogen (secondary N) is 1. The second-order valence-corrected chi connectivity index (χ2v) is 3.48. The van der Waals surface area contributed by atoms with E-state index in [-0.39, 0.29) is 18.4 Å². The largest absolute Gasteiger partial charge is 0.396 e. The van der Waals surface area contributed by atoms with E-state index in [1.54, 1.807) is 0 Å². The van der Waals surface area contributed by atoms with Gasteiger partial charge in [0.1, 0.15) is 0 Å². The van der Waals surface area contributed by atoms with Crippen LogP contribution < -0.4 is 5.32 Å². The van der Waals surface area contributed by atoms with E-state index in [1.807, 2.05) is 7.05 Å². The van der Waals surface area contributed by atoms with Crippen LogP contribution in [0.5, 0.6) is 0 Å². The molecule has 0 bridgehead atoms. The Balaban J connectivity index is 2.48. The fraction of sp³-hybridized carbons (Fsp3) is 1.00. The third-order valence-electron chi connectivity index (χ3n) is 2.62. The molecule has 0 aliphatic heterocycles. The molecule has 4 atom stereocenters. The van der Waals surface area contributed by atoms with Gasteiger partial charge in [0.25, 0.3) is 0 Å². The van der Waals surface area contributed by atoms with Crippen molar-refractivity contribution in [1.82, 2.24) is 5.32 Å². The van der Waals surface area contributed by atoms with Crippen LogP contribution in [0.2, 0.25) is 0 Å². The lowest BCUT2D eigenvalue weighted by atomic mass is 10.1. The SMILES string of the molecule is CNC[C@H]1C[C@H](CO)[C@H](O)[C@@H]1O. The third kappa shape index (κ3) is 1.77. The highest BCUT2D eigenvalue weighted by Gasteiger charge is 2.40. The summed E-state index contributed by atoms with van der Waals surface area (Å²) in [7, 11) is 1.81. The van der Waals surface area contributed by atoms with Crippen LogP contribution in [-0.4, -0.2) is 47.7 Å². The molecule has 0 spiro atoms. The fourth-order valence-electron chi connectivity index (χ4n) is 1.87. The predicted molar refractivity (Wildman–Crippen MR) is 44.6 cm³/mol. The Hall–Kier alpha value is -0.160. The van der Waals surface area contributed by atoms with Crippen molar-refractivity contribution in [3.63, 3.8) is 0 Å². The van der Waals surface area contributed by atoms with Crippen LogP contribution in [0.25, 0.3) is 0 Å². The van der Waals surface area contributed by atoms with Crippen molar-refractivity contribution in [2.75, 3.05) is 20.2 Å². The lowest BCUT2D eigenvalue weighted by Gasteiger charge is -2.15. The summed E-state index contributed by atoms with van der Waals surface area (Å²) in [4.78, 5) is 0. The summed E-state index contributed by atoms with van der Waals surface area (Å²) in [6, 6.07) is 0. The van der Waals surface area contributed by atoms with Crippen molar-refractivity contribution >= 4 is 0 Å². The molecule has 1 aliphatic carbocycles. The monoisotopic (exact) mass is 175 g/mol. The lowest BCUT2D eigenvalue weighted by Crippen LogP contribution is -2.32. The maximum atomic E-state index is 9.49. The molecule has 0 aromatic carbocycles. The summed E-state index contributed by atoms with van der Waals surface area (Å²) >= 11 is 0. The van der Waals surface area contributed by atoms with Gasteiger partial charge in [-0.2, -0.15) is 0 Å². The van der Waals surface area contributed by atoms with E-state index in [0.717, 1.165) is 0 Å². The first-order valence-electron chi connectivity index (χ1n) is 4.32. The van der Waals surface area contributed by atoms with Crippen molar-refractivity contribution in [1.29, 1.82) is 0 Å². The third-order valence-corrected chi connectivity index (χ3v) is 2.62. The normalized spacial score (nSPS) is 42.0. The molecule has 0 aromatic rings. The van der Waals surface area contributed by atoms with Gasteiger partial charge < -0.3 is 20.6 Å². The second-order valence-electron chi connectivity index (χ2n) is 3.48. The molecular weight excluding hydrogens is 158 g/mol. The zero-order chi connectivity index (χ0) is 9.14. The van der Waals surface area contributed by atoms with Crippen molar-refractivity contribution in [3.8, 4) is 0 Å². The Morgan fingerprint density at radius 2 is 1.83 bits per heavy atom. The molecule has 4 N–H and O–H groups in total. The van der Waals surface area contributed by atoms with E-state index in [9.17, 15) is 10.2 Å². The lowest BCUT2D eigenvalue weighted by molar-refractivity contribution is -0.00550. The predicted octanol–water partition coefficient (Wildman–Crippen LogP) is -1.44. The number of rotatable bonds is 3. The highest BCUT2D eigenvalue weighted by molar-refractivity contribution is 4.91. The number of aliphatic hydroxyl groups is 3. The fourth-order valence-corrected chi connectivity index (χ4v) is 1.87. The Bertz CT molecular complexity index is 142. The molecule has 0 unspecified atom stereocenters. The van der Waals surface area contributed by atoms with Crippen LogP contribution in [0, 0.1) is 11.8 Å². The van der Waals surface area contributed by atoms with E-state index in [4.69, 9.17) is 5.11 Å². The smallest absolute Gasteiger partial charge is 0.0852 e. The molecule has 4 heteroatoms. The summed E-state index contributed by atoms with van der Waals surface area (Å²) in [5.41, 5.74) is 0. The average molecular weight is 175 g/mol. The van der Waals surface area contributed by atoms with Gasteiger partial charge in [-0.25, -0.2) is 0 Å². The van der Waals surface area contributed by atoms with Gasteiger partial charge in [0.2, 0.25) is 0 Å². The minimum Gasteiger partial charge on any atom is -0.396 e. The molecule has 0 aromatic heterocycles. The first-order valence-corrected chi connectivity index (χ1v) is 4.32. The topological polar surface area (TPSA) is 72.7 Å². The molecule has 0 amide bonds. The first-order chi connectivity index (χ1) is 5.70. The van der Waals surface area contributed by atoms with E-state index in [0.29, 0.717) is 13.0 Å². The minimum atomic E-state index is -0.756. The molecule has 0 radical (unpaired) electrons.